The van der Waals surface area contributed by atoms with Crippen LogP contribution >= 0.6 is 0 Å². The van der Waals surface area contributed by atoms with Crippen LogP contribution in [0, 0.1) is 11.3 Å². The van der Waals surface area contributed by atoms with Crippen molar-refractivity contribution in [2.45, 2.75) is 40.0 Å². The van der Waals surface area contributed by atoms with Crippen molar-refractivity contribution in [2.75, 3.05) is 13.6 Å². The molecule has 1 amide bonds. The average Bonchev–Trinajstić information content (AvgIpc) is 2.30. The Morgan fingerprint density at radius 3 is 2.33 bits per heavy atom. The Morgan fingerprint density at radius 1 is 1.40 bits per heavy atom. The molecule has 1 aliphatic heterocycles. The average molecular weight is 229 g/mol. The fourth-order valence-electron chi connectivity index (χ4n) is 2.04. The molecule has 3 nitrogen and oxygen atoms in total. The molecule has 1 saturated heterocycles. The van der Waals surface area contributed by atoms with E-state index in [1.54, 1.807) is 4.90 Å². The van der Waals surface area contributed by atoms with Crippen LogP contribution in [0.1, 0.15) is 20.8 Å². The van der Waals surface area contributed by atoms with E-state index in [1.807, 2.05) is 7.05 Å². The molecule has 15 heavy (non-hydrogen) atoms. The number of hydrogen-bond acceptors (Lipinski definition) is 2. The van der Waals surface area contributed by atoms with Crippen LogP contribution in [0.25, 0.3) is 0 Å². The molecule has 1 unspecified atom stereocenters. The van der Waals surface area contributed by atoms with Gasteiger partial charge in [-0.2, -0.15) is 0 Å². The standard InChI is InChI=1S/C11H23NO2Si/c1-11(2,3)8-7-12(4)10(13)9(8)14-15(5)6/h8-9,15H,7H2,1-6H3/t8-,9?/m0/s1. The first-order valence-corrected chi connectivity index (χ1v) is 8.42. The van der Waals surface area contributed by atoms with Gasteiger partial charge in [0.05, 0.1) is 0 Å². The van der Waals surface area contributed by atoms with Crippen LogP contribution in [0.4, 0.5) is 0 Å². The van der Waals surface area contributed by atoms with Crippen molar-refractivity contribution in [2.24, 2.45) is 11.3 Å². The van der Waals surface area contributed by atoms with Crippen LogP contribution < -0.4 is 0 Å². The minimum absolute atomic E-state index is 0.133. The quantitative estimate of drug-likeness (QED) is 0.671. The van der Waals surface area contributed by atoms with Crippen molar-refractivity contribution in [3.05, 3.63) is 0 Å². The van der Waals surface area contributed by atoms with E-state index in [2.05, 4.69) is 33.9 Å². The van der Waals surface area contributed by atoms with E-state index in [9.17, 15) is 4.79 Å². The van der Waals surface area contributed by atoms with E-state index in [4.69, 9.17) is 4.43 Å². The van der Waals surface area contributed by atoms with E-state index < -0.39 is 9.04 Å². The molecule has 0 aromatic rings. The molecule has 0 saturated carbocycles. The molecule has 4 heteroatoms. The van der Waals surface area contributed by atoms with Gasteiger partial charge in [-0.1, -0.05) is 20.8 Å². The number of likely N-dealkylation sites (tertiary alicyclic amines) is 1. The molecule has 1 aliphatic rings. The maximum atomic E-state index is 11.9. The van der Waals surface area contributed by atoms with Crippen molar-refractivity contribution < 1.29 is 9.22 Å². The summed E-state index contributed by atoms with van der Waals surface area (Å²) in [5.74, 6) is 0.487. The van der Waals surface area contributed by atoms with Crippen LogP contribution in [0.5, 0.6) is 0 Å². The first-order valence-electron chi connectivity index (χ1n) is 5.64. The fraction of sp³-hybridized carbons (Fsp3) is 0.909. The summed E-state index contributed by atoms with van der Waals surface area (Å²) >= 11 is 0. The zero-order valence-electron chi connectivity index (χ0n) is 10.7. The predicted molar refractivity (Wildman–Crippen MR) is 64.3 cm³/mol. The van der Waals surface area contributed by atoms with Gasteiger partial charge in [0.1, 0.15) is 6.10 Å². The lowest BCUT2D eigenvalue weighted by Gasteiger charge is -2.31. The summed E-state index contributed by atoms with van der Waals surface area (Å²) in [7, 11) is 0.720. The molecule has 0 N–H and O–H groups in total. The van der Waals surface area contributed by atoms with Crippen LogP contribution in [0.15, 0.2) is 0 Å². The third-order valence-electron chi connectivity index (χ3n) is 2.99. The second kappa shape index (κ2) is 4.26. The second-order valence-corrected chi connectivity index (χ2v) is 8.17. The molecule has 0 aromatic carbocycles. The molecule has 2 atom stereocenters. The molecule has 0 bridgehead atoms. The summed E-state index contributed by atoms with van der Waals surface area (Å²) < 4.78 is 5.88. The van der Waals surface area contributed by atoms with Gasteiger partial charge in [-0.05, 0) is 18.5 Å². The maximum Gasteiger partial charge on any atom is 0.250 e. The van der Waals surface area contributed by atoms with Gasteiger partial charge in [0.15, 0.2) is 9.04 Å². The largest absolute Gasteiger partial charge is 0.408 e. The molecule has 0 aliphatic carbocycles. The molecular formula is C11H23NO2Si. The van der Waals surface area contributed by atoms with Gasteiger partial charge in [-0.25, -0.2) is 0 Å². The lowest BCUT2D eigenvalue weighted by atomic mass is 9.79. The second-order valence-electron chi connectivity index (χ2n) is 5.80. The number of nitrogens with zero attached hydrogens (tertiary/aromatic N) is 1. The number of amides is 1. The van der Waals surface area contributed by atoms with Crippen molar-refractivity contribution in [1.29, 1.82) is 0 Å². The highest BCUT2D eigenvalue weighted by atomic mass is 28.3. The van der Waals surface area contributed by atoms with E-state index in [0.717, 1.165) is 6.54 Å². The summed E-state index contributed by atoms with van der Waals surface area (Å²) in [6.07, 6.45) is -0.193. The normalized spacial score (nSPS) is 27.9. The molecule has 1 heterocycles. The summed E-state index contributed by atoms with van der Waals surface area (Å²) in [6.45, 7) is 11.6. The van der Waals surface area contributed by atoms with Crippen LogP contribution in [-0.2, 0) is 9.22 Å². The summed E-state index contributed by atoms with van der Waals surface area (Å²) in [4.78, 5) is 13.7. The van der Waals surface area contributed by atoms with Crippen molar-refractivity contribution >= 4 is 14.9 Å². The third-order valence-corrected chi connectivity index (χ3v) is 3.82. The topological polar surface area (TPSA) is 29.5 Å². The van der Waals surface area contributed by atoms with Crippen molar-refractivity contribution in [3.63, 3.8) is 0 Å². The summed E-state index contributed by atoms with van der Waals surface area (Å²) in [5, 5.41) is 0. The van der Waals surface area contributed by atoms with Crippen LogP contribution in [0.3, 0.4) is 0 Å². The molecule has 88 valence electrons. The summed E-state index contributed by atoms with van der Waals surface area (Å²) in [5.41, 5.74) is 0.133. The van der Waals surface area contributed by atoms with Gasteiger partial charge in [-0.3, -0.25) is 4.79 Å². The molecule has 1 rings (SSSR count). The number of likely N-dealkylation sites (N-methyl/N-ethyl adjacent to an activating group) is 1. The Hall–Kier alpha value is -0.353. The van der Waals surface area contributed by atoms with Gasteiger partial charge in [0, 0.05) is 19.5 Å². The van der Waals surface area contributed by atoms with Gasteiger partial charge < -0.3 is 9.33 Å². The van der Waals surface area contributed by atoms with Crippen molar-refractivity contribution in [1.82, 2.24) is 4.90 Å². The highest BCUT2D eigenvalue weighted by Crippen LogP contribution is 2.35. The van der Waals surface area contributed by atoms with Gasteiger partial charge in [0.2, 0.25) is 0 Å². The van der Waals surface area contributed by atoms with E-state index >= 15 is 0 Å². The number of carbonyl (C=O) groups is 1. The Balaban J connectivity index is 2.82. The van der Waals surface area contributed by atoms with Gasteiger partial charge in [0.25, 0.3) is 5.91 Å². The van der Waals surface area contributed by atoms with E-state index in [1.165, 1.54) is 0 Å². The third kappa shape index (κ3) is 2.81. The SMILES string of the molecule is CN1C[C@H](C(C)(C)C)C(O[SiH](C)C)C1=O. The van der Waals surface area contributed by atoms with Gasteiger partial charge >= 0.3 is 0 Å². The molecule has 0 aromatic heterocycles. The smallest absolute Gasteiger partial charge is 0.250 e. The van der Waals surface area contributed by atoms with E-state index in [-0.39, 0.29) is 17.4 Å². The fourth-order valence-corrected chi connectivity index (χ4v) is 2.94. The molecule has 0 spiro atoms. The zero-order valence-corrected chi connectivity index (χ0v) is 11.9. The Labute approximate surface area is 94.5 Å². The Kier molecular flexibility index (Phi) is 3.61. The Morgan fingerprint density at radius 2 is 1.93 bits per heavy atom. The minimum Gasteiger partial charge on any atom is -0.408 e. The Bertz CT molecular complexity index is 247. The summed E-state index contributed by atoms with van der Waals surface area (Å²) in [6, 6.07) is 0. The minimum atomic E-state index is -1.15. The first kappa shape index (κ1) is 12.7. The van der Waals surface area contributed by atoms with E-state index in [0.29, 0.717) is 5.92 Å². The lowest BCUT2D eigenvalue weighted by molar-refractivity contribution is -0.133. The molecular weight excluding hydrogens is 206 g/mol. The maximum absolute atomic E-state index is 11.9. The number of carbonyl (C=O) groups excluding carboxylic acids is 1. The zero-order chi connectivity index (χ0) is 11.8. The number of hydrogen-bond donors (Lipinski definition) is 0. The molecule has 1 fully saturated rings. The highest BCUT2D eigenvalue weighted by Gasteiger charge is 2.45. The highest BCUT2D eigenvalue weighted by molar-refractivity contribution is 6.48. The first-order chi connectivity index (χ1) is 6.73. The van der Waals surface area contributed by atoms with Crippen LogP contribution in [-0.4, -0.2) is 39.5 Å². The predicted octanol–water partition coefficient (Wildman–Crippen LogP) is 1.49. The van der Waals surface area contributed by atoms with Crippen molar-refractivity contribution in [3.8, 4) is 0 Å². The van der Waals surface area contributed by atoms with Crippen LogP contribution in [0.2, 0.25) is 13.1 Å². The lowest BCUT2D eigenvalue weighted by Crippen LogP contribution is -2.37. The van der Waals surface area contributed by atoms with Gasteiger partial charge in [-0.15, -0.1) is 0 Å². The molecule has 0 radical (unpaired) electrons. The monoisotopic (exact) mass is 229 g/mol. The number of rotatable bonds is 2.